The third-order valence-electron chi connectivity index (χ3n) is 6.85. The molecule has 2 aliphatic rings. The van der Waals surface area contributed by atoms with Crippen LogP contribution in [0.15, 0.2) is 78.0 Å². The molecule has 6 nitrogen and oxygen atoms in total. The standard InChI is InChI=1S/C31H34N2O4/c1-5-36-28-15-12-21(18-29(28)35-4)31-30-26(32-24-8-6-7-9-25(24)33-31)16-22(17-27(30)34)20-10-13-23(14-11-20)37-19(2)3/h6-15,18-19,22,31-33H,5,16-17H2,1-4H3. The van der Waals surface area contributed by atoms with Crippen molar-refractivity contribution in [2.24, 2.45) is 0 Å². The fourth-order valence-corrected chi connectivity index (χ4v) is 5.21. The molecule has 0 aromatic heterocycles. The van der Waals surface area contributed by atoms with Crippen molar-refractivity contribution in [3.8, 4) is 17.2 Å². The fourth-order valence-electron chi connectivity index (χ4n) is 5.21. The first kappa shape index (κ1) is 24.8. The molecule has 1 aliphatic heterocycles. The Hall–Kier alpha value is -3.93. The van der Waals surface area contributed by atoms with Crippen LogP contribution in [0.3, 0.4) is 0 Å². The van der Waals surface area contributed by atoms with E-state index < -0.39 is 0 Å². The van der Waals surface area contributed by atoms with Crippen molar-refractivity contribution in [1.82, 2.24) is 0 Å². The summed E-state index contributed by atoms with van der Waals surface area (Å²) >= 11 is 0. The molecule has 2 N–H and O–H groups in total. The zero-order valence-electron chi connectivity index (χ0n) is 21.8. The minimum absolute atomic E-state index is 0.0904. The maximum absolute atomic E-state index is 13.8. The number of ketones is 1. The highest BCUT2D eigenvalue weighted by molar-refractivity contribution is 6.01. The molecule has 6 heteroatoms. The van der Waals surface area contributed by atoms with Gasteiger partial charge in [0.1, 0.15) is 5.75 Å². The van der Waals surface area contributed by atoms with E-state index in [1.165, 1.54) is 0 Å². The average Bonchev–Trinajstić information content (AvgIpc) is 3.06. The number of fused-ring (bicyclic) bond motifs is 1. The molecule has 0 fully saturated rings. The van der Waals surface area contributed by atoms with Crippen molar-refractivity contribution >= 4 is 17.2 Å². The maximum Gasteiger partial charge on any atom is 0.163 e. The van der Waals surface area contributed by atoms with Crippen LogP contribution in [-0.4, -0.2) is 25.6 Å². The maximum atomic E-state index is 13.8. The summed E-state index contributed by atoms with van der Waals surface area (Å²) < 4.78 is 17.2. The number of carbonyl (C=O) groups excluding carboxylic acids is 1. The Morgan fingerprint density at radius 3 is 2.35 bits per heavy atom. The van der Waals surface area contributed by atoms with Crippen LogP contribution in [0.1, 0.15) is 56.7 Å². The quantitative estimate of drug-likeness (QED) is 0.371. The molecule has 3 aromatic rings. The minimum Gasteiger partial charge on any atom is -0.493 e. The summed E-state index contributed by atoms with van der Waals surface area (Å²) in [5.74, 6) is 2.41. The second kappa shape index (κ2) is 10.6. The number of hydrogen-bond donors (Lipinski definition) is 2. The van der Waals surface area contributed by atoms with Gasteiger partial charge in [-0.15, -0.1) is 0 Å². The van der Waals surface area contributed by atoms with E-state index in [1.54, 1.807) is 7.11 Å². The van der Waals surface area contributed by atoms with Gasteiger partial charge < -0.3 is 24.8 Å². The van der Waals surface area contributed by atoms with E-state index in [0.717, 1.165) is 45.9 Å². The molecule has 0 spiro atoms. The van der Waals surface area contributed by atoms with Gasteiger partial charge in [0.05, 0.1) is 37.2 Å². The Bertz CT molecular complexity index is 1310. The molecule has 37 heavy (non-hydrogen) atoms. The Kier molecular flexibility index (Phi) is 7.08. The third kappa shape index (κ3) is 5.15. The number of anilines is 2. The van der Waals surface area contributed by atoms with Gasteiger partial charge in [-0.25, -0.2) is 0 Å². The molecule has 0 amide bonds. The zero-order chi connectivity index (χ0) is 25.9. The topological polar surface area (TPSA) is 68.8 Å². The van der Waals surface area contributed by atoms with Crippen LogP contribution < -0.4 is 24.8 Å². The molecule has 0 saturated carbocycles. The summed E-state index contributed by atoms with van der Waals surface area (Å²) in [5, 5.41) is 7.24. The minimum atomic E-state index is -0.314. The second-order valence-electron chi connectivity index (χ2n) is 9.75. The molecule has 5 rings (SSSR count). The van der Waals surface area contributed by atoms with E-state index in [9.17, 15) is 4.79 Å². The van der Waals surface area contributed by atoms with Crippen LogP contribution in [0, 0.1) is 0 Å². The lowest BCUT2D eigenvalue weighted by Gasteiger charge is -2.30. The number of nitrogens with one attached hydrogen (secondary N) is 2. The Balaban J connectivity index is 1.53. The van der Waals surface area contributed by atoms with Crippen molar-refractivity contribution in [3.63, 3.8) is 0 Å². The summed E-state index contributed by atoms with van der Waals surface area (Å²) in [6.07, 6.45) is 1.32. The monoisotopic (exact) mass is 498 g/mol. The second-order valence-corrected chi connectivity index (χ2v) is 9.75. The van der Waals surface area contributed by atoms with Gasteiger partial charge in [0.15, 0.2) is 17.3 Å². The Labute approximate surface area is 218 Å². The van der Waals surface area contributed by atoms with Crippen LogP contribution in [0.5, 0.6) is 17.2 Å². The smallest absolute Gasteiger partial charge is 0.163 e. The summed E-state index contributed by atoms with van der Waals surface area (Å²) in [7, 11) is 1.64. The van der Waals surface area contributed by atoms with E-state index in [2.05, 4.69) is 22.8 Å². The summed E-state index contributed by atoms with van der Waals surface area (Å²) in [5.41, 5.74) is 5.74. The SMILES string of the molecule is CCOc1ccc(C2Nc3ccccc3NC3=C2C(=O)CC(c2ccc(OC(C)C)cc2)C3)cc1OC. The highest BCUT2D eigenvalue weighted by Gasteiger charge is 2.36. The van der Waals surface area contributed by atoms with Gasteiger partial charge in [0.2, 0.25) is 0 Å². The fraction of sp³-hybridized carbons (Fsp3) is 0.323. The summed E-state index contributed by atoms with van der Waals surface area (Å²) in [6.45, 7) is 6.53. The van der Waals surface area contributed by atoms with E-state index in [0.29, 0.717) is 24.5 Å². The van der Waals surface area contributed by atoms with E-state index in [-0.39, 0.29) is 23.8 Å². The molecule has 0 bridgehead atoms. The summed E-state index contributed by atoms with van der Waals surface area (Å²) in [6, 6.07) is 21.8. The lowest BCUT2D eigenvalue weighted by molar-refractivity contribution is -0.116. The molecule has 2 unspecified atom stereocenters. The number of carbonyl (C=O) groups is 1. The van der Waals surface area contributed by atoms with Gasteiger partial charge in [-0.1, -0.05) is 30.3 Å². The van der Waals surface area contributed by atoms with Crippen molar-refractivity contribution in [2.75, 3.05) is 24.4 Å². The van der Waals surface area contributed by atoms with Gasteiger partial charge in [0, 0.05) is 17.7 Å². The van der Waals surface area contributed by atoms with Crippen LogP contribution in [0.25, 0.3) is 0 Å². The first-order valence-corrected chi connectivity index (χ1v) is 12.9. The highest BCUT2D eigenvalue weighted by Crippen LogP contribution is 2.45. The molecule has 0 saturated heterocycles. The molecule has 1 heterocycles. The van der Waals surface area contributed by atoms with Gasteiger partial charge in [-0.3, -0.25) is 4.79 Å². The predicted molar refractivity (Wildman–Crippen MR) is 147 cm³/mol. The lowest BCUT2D eigenvalue weighted by atomic mass is 9.78. The zero-order valence-corrected chi connectivity index (χ0v) is 21.8. The number of hydrogen-bond acceptors (Lipinski definition) is 6. The van der Waals surface area contributed by atoms with Crippen LogP contribution in [0.2, 0.25) is 0 Å². The third-order valence-corrected chi connectivity index (χ3v) is 6.85. The normalized spacial score (nSPS) is 18.8. The van der Waals surface area contributed by atoms with E-state index in [4.69, 9.17) is 14.2 Å². The highest BCUT2D eigenvalue weighted by atomic mass is 16.5. The van der Waals surface area contributed by atoms with E-state index >= 15 is 0 Å². The summed E-state index contributed by atoms with van der Waals surface area (Å²) in [4.78, 5) is 13.8. The number of allylic oxidation sites excluding steroid dienone is 1. The number of ether oxygens (including phenoxy) is 3. The predicted octanol–water partition coefficient (Wildman–Crippen LogP) is 6.86. The number of methoxy groups -OCH3 is 1. The number of para-hydroxylation sites is 2. The Morgan fingerprint density at radius 1 is 0.919 bits per heavy atom. The molecule has 2 atom stereocenters. The van der Waals surface area contributed by atoms with Crippen LogP contribution >= 0.6 is 0 Å². The average molecular weight is 499 g/mol. The van der Waals surface area contributed by atoms with Crippen LogP contribution in [-0.2, 0) is 4.79 Å². The molecular weight excluding hydrogens is 464 g/mol. The molecule has 192 valence electrons. The molecule has 3 aromatic carbocycles. The van der Waals surface area contributed by atoms with Gasteiger partial charge in [0.25, 0.3) is 0 Å². The first-order chi connectivity index (χ1) is 18.0. The molecular formula is C31H34N2O4. The number of Topliss-reactive ketones (excluding diaryl/α,β-unsaturated/α-hetero) is 1. The van der Waals surface area contributed by atoms with Crippen LogP contribution in [0.4, 0.5) is 11.4 Å². The van der Waals surface area contributed by atoms with E-state index in [1.807, 2.05) is 75.4 Å². The van der Waals surface area contributed by atoms with Crippen molar-refractivity contribution in [2.45, 2.75) is 51.7 Å². The molecule has 0 radical (unpaired) electrons. The first-order valence-electron chi connectivity index (χ1n) is 12.9. The Morgan fingerprint density at radius 2 is 1.65 bits per heavy atom. The van der Waals surface area contributed by atoms with Gasteiger partial charge in [-0.05, 0) is 80.6 Å². The van der Waals surface area contributed by atoms with Crippen molar-refractivity contribution in [1.29, 1.82) is 0 Å². The molecule has 1 aliphatic carbocycles. The van der Waals surface area contributed by atoms with Crippen molar-refractivity contribution in [3.05, 3.63) is 89.1 Å². The largest absolute Gasteiger partial charge is 0.493 e. The number of rotatable bonds is 7. The van der Waals surface area contributed by atoms with Gasteiger partial charge in [-0.2, -0.15) is 0 Å². The number of benzene rings is 3. The van der Waals surface area contributed by atoms with Gasteiger partial charge >= 0.3 is 0 Å². The lowest BCUT2D eigenvalue weighted by Crippen LogP contribution is -2.27. The van der Waals surface area contributed by atoms with Crippen molar-refractivity contribution < 1.29 is 19.0 Å².